The van der Waals surface area contributed by atoms with E-state index in [1.54, 1.807) is 18.2 Å². The van der Waals surface area contributed by atoms with Crippen molar-refractivity contribution in [3.8, 4) is 0 Å². The van der Waals surface area contributed by atoms with Crippen molar-refractivity contribution < 1.29 is 18.7 Å². The first kappa shape index (κ1) is 18.2. The highest BCUT2D eigenvalue weighted by Crippen LogP contribution is 2.22. The molecule has 1 aromatic carbocycles. The molecule has 144 valence electrons. The molecule has 2 fully saturated rings. The normalized spacial score (nSPS) is 22.0. The molecule has 1 aromatic heterocycles. The van der Waals surface area contributed by atoms with Gasteiger partial charge in [-0.15, -0.1) is 0 Å². The number of hydrogen-bond donors (Lipinski definition) is 1. The van der Waals surface area contributed by atoms with Gasteiger partial charge in [-0.25, -0.2) is 4.79 Å². The minimum Gasteiger partial charge on any atom is -0.422 e. The fourth-order valence-corrected chi connectivity index (χ4v) is 3.87. The lowest BCUT2D eigenvalue weighted by atomic mass is 9.96. The van der Waals surface area contributed by atoms with Gasteiger partial charge in [-0.3, -0.25) is 9.69 Å². The van der Waals surface area contributed by atoms with E-state index in [-0.39, 0.29) is 11.6 Å². The number of carbonyl (C=O) groups excluding carboxylic acids is 1. The van der Waals surface area contributed by atoms with Gasteiger partial charge in [-0.2, -0.15) is 0 Å². The second-order valence-corrected chi connectivity index (χ2v) is 7.03. The molecule has 0 spiro atoms. The molecule has 3 heterocycles. The summed E-state index contributed by atoms with van der Waals surface area (Å²) in [5.41, 5.74) is -0.0937. The third-order valence-electron chi connectivity index (χ3n) is 5.38. The van der Waals surface area contributed by atoms with Gasteiger partial charge in [0, 0.05) is 43.6 Å². The summed E-state index contributed by atoms with van der Waals surface area (Å²) < 4.78 is 16.3. The molecule has 4 rings (SSSR count). The van der Waals surface area contributed by atoms with Crippen LogP contribution in [-0.4, -0.2) is 62.9 Å². The van der Waals surface area contributed by atoms with Crippen molar-refractivity contribution >= 4 is 16.9 Å². The zero-order valence-corrected chi connectivity index (χ0v) is 15.2. The van der Waals surface area contributed by atoms with Crippen LogP contribution in [0.15, 0.2) is 39.5 Å². The quantitative estimate of drug-likeness (QED) is 0.796. The number of hydrogen-bond acceptors (Lipinski definition) is 6. The van der Waals surface area contributed by atoms with Crippen molar-refractivity contribution in [2.45, 2.75) is 12.5 Å². The molecule has 0 bridgehead atoms. The second kappa shape index (κ2) is 8.21. The number of carbonyl (C=O) groups is 1. The molecule has 27 heavy (non-hydrogen) atoms. The predicted molar refractivity (Wildman–Crippen MR) is 99.9 cm³/mol. The number of fused-ring (bicyclic) bond motifs is 1. The van der Waals surface area contributed by atoms with Crippen molar-refractivity contribution in [2.75, 3.05) is 46.1 Å². The third-order valence-corrected chi connectivity index (χ3v) is 5.38. The first-order valence-corrected chi connectivity index (χ1v) is 9.43. The molecule has 0 saturated carbocycles. The van der Waals surface area contributed by atoms with Crippen LogP contribution in [-0.2, 0) is 9.47 Å². The number of ether oxygens (including phenoxy) is 2. The fourth-order valence-electron chi connectivity index (χ4n) is 3.87. The van der Waals surface area contributed by atoms with Crippen molar-refractivity contribution in [3.05, 3.63) is 46.3 Å². The zero-order valence-electron chi connectivity index (χ0n) is 15.2. The van der Waals surface area contributed by atoms with Crippen molar-refractivity contribution in [1.82, 2.24) is 10.2 Å². The first-order valence-electron chi connectivity index (χ1n) is 9.43. The van der Waals surface area contributed by atoms with Gasteiger partial charge in [0.25, 0.3) is 5.91 Å². The summed E-state index contributed by atoms with van der Waals surface area (Å²) in [4.78, 5) is 27.2. The van der Waals surface area contributed by atoms with Crippen molar-refractivity contribution in [2.24, 2.45) is 5.92 Å². The lowest BCUT2D eigenvalue weighted by Crippen LogP contribution is -2.52. The molecule has 2 saturated heterocycles. The van der Waals surface area contributed by atoms with Crippen LogP contribution in [0, 0.1) is 5.92 Å². The predicted octanol–water partition coefficient (Wildman–Crippen LogP) is 1.26. The molecule has 0 aliphatic carbocycles. The van der Waals surface area contributed by atoms with Crippen LogP contribution in [0.5, 0.6) is 0 Å². The van der Waals surface area contributed by atoms with Gasteiger partial charge in [0.15, 0.2) is 0 Å². The second-order valence-electron chi connectivity index (χ2n) is 7.03. The Balaban J connectivity index is 1.49. The van der Waals surface area contributed by atoms with E-state index in [9.17, 15) is 9.59 Å². The van der Waals surface area contributed by atoms with Gasteiger partial charge < -0.3 is 19.2 Å². The van der Waals surface area contributed by atoms with Crippen LogP contribution >= 0.6 is 0 Å². The van der Waals surface area contributed by atoms with Crippen LogP contribution in [0.1, 0.15) is 16.8 Å². The number of nitrogens with one attached hydrogen (secondary N) is 1. The van der Waals surface area contributed by atoms with E-state index >= 15 is 0 Å². The van der Waals surface area contributed by atoms with E-state index < -0.39 is 11.5 Å². The summed E-state index contributed by atoms with van der Waals surface area (Å²) in [6, 6.07) is 8.95. The summed E-state index contributed by atoms with van der Waals surface area (Å²) in [6.07, 6.45) is 0.982. The molecule has 2 atom stereocenters. The maximum absolute atomic E-state index is 12.7. The summed E-state index contributed by atoms with van der Waals surface area (Å²) in [5, 5.41) is 3.67. The van der Waals surface area contributed by atoms with Gasteiger partial charge >= 0.3 is 5.63 Å². The smallest absolute Gasteiger partial charge is 0.349 e. The maximum Gasteiger partial charge on any atom is 0.349 e. The minimum absolute atomic E-state index is 0.0390. The summed E-state index contributed by atoms with van der Waals surface area (Å²) in [7, 11) is 0. The van der Waals surface area contributed by atoms with Crippen molar-refractivity contribution in [3.63, 3.8) is 0 Å². The van der Waals surface area contributed by atoms with E-state index in [0.29, 0.717) is 37.9 Å². The molecule has 7 heteroatoms. The molecule has 0 radical (unpaired) electrons. The molecule has 2 aromatic rings. The highest BCUT2D eigenvalue weighted by molar-refractivity contribution is 5.96. The summed E-state index contributed by atoms with van der Waals surface area (Å²) in [5.74, 6) is -0.0249. The molecule has 1 amide bonds. The highest BCUT2D eigenvalue weighted by Gasteiger charge is 2.32. The molecule has 1 N–H and O–H groups in total. The van der Waals surface area contributed by atoms with Crippen LogP contribution in [0.25, 0.3) is 11.0 Å². The Morgan fingerprint density at radius 2 is 2.00 bits per heavy atom. The first-order chi connectivity index (χ1) is 13.2. The molecule has 2 unspecified atom stereocenters. The Kier molecular flexibility index (Phi) is 5.52. The Morgan fingerprint density at radius 3 is 2.78 bits per heavy atom. The minimum atomic E-state index is -0.613. The average molecular weight is 372 g/mol. The van der Waals surface area contributed by atoms with Crippen LogP contribution in [0.2, 0.25) is 0 Å². The SMILES string of the molecule is O=C(NCC(C1CCOC1)N1CCOCC1)c1cc2ccccc2oc1=O. The Morgan fingerprint density at radius 1 is 1.19 bits per heavy atom. The molecular weight excluding hydrogens is 348 g/mol. The van der Waals surface area contributed by atoms with E-state index in [2.05, 4.69) is 10.2 Å². The molecular formula is C20H24N2O5. The zero-order chi connectivity index (χ0) is 18.6. The molecule has 2 aliphatic heterocycles. The molecule has 2 aliphatic rings. The van der Waals surface area contributed by atoms with Gasteiger partial charge in [0.2, 0.25) is 0 Å². The van der Waals surface area contributed by atoms with E-state index in [0.717, 1.165) is 31.5 Å². The molecule has 7 nitrogen and oxygen atoms in total. The van der Waals surface area contributed by atoms with Gasteiger partial charge in [0.05, 0.1) is 19.8 Å². The topological polar surface area (TPSA) is 81.0 Å². The maximum atomic E-state index is 12.7. The van der Waals surface area contributed by atoms with Gasteiger partial charge in [-0.05, 0) is 18.6 Å². The Labute approximate surface area is 157 Å². The monoisotopic (exact) mass is 372 g/mol. The largest absolute Gasteiger partial charge is 0.422 e. The number of benzene rings is 1. The van der Waals surface area contributed by atoms with Gasteiger partial charge in [0.1, 0.15) is 11.1 Å². The van der Waals surface area contributed by atoms with E-state index in [4.69, 9.17) is 13.9 Å². The fraction of sp³-hybridized carbons (Fsp3) is 0.500. The lowest BCUT2D eigenvalue weighted by Gasteiger charge is -2.37. The summed E-state index contributed by atoms with van der Waals surface area (Å²) in [6.45, 7) is 5.02. The van der Waals surface area contributed by atoms with Crippen molar-refractivity contribution in [1.29, 1.82) is 0 Å². The van der Waals surface area contributed by atoms with E-state index in [1.165, 1.54) is 0 Å². The number of nitrogens with zero attached hydrogens (tertiary/aromatic N) is 1. The number of rotatable bonds is 5. The highest BCUT2D eigenvalue weighted by atomic mass is 16.5. The van der Waals surface area contributed by atoms with Gasteiger partial charge in [-0.1, -0.05) is 18.2 Å². The standard InChI is InChI=1S/C20H24N2O5/c23-19(16-11-14-3-1-2-4-18(14)27-20(16)24)21-12-17(15-5-8-26-13-15)22-6-9-25-10-7-22/h1-4,11,15,17H,5-10,12-13H2,(H,21,23). The van der Waals surface area contributed by atoms with Crippen LogP contribution < -0.4 is 10.9 Å². The third kappa shape index (κ3) is 4.05. The Hall–Kier alpha value is -2.22. The van der Waals surface area contributed by atoms with Crippen LogP contribution in [0.4, 0.5) is 0 Å². The number of para-hydroxylation sites is 1. The average Bonchev–Trinajstić information content (AvgIpc) is 3.23. The lowest BCUT2D eigenvalue weighted by molar-refractivity contribution is 0.00166. The Bertz CT molecular complexity index is 853. The van der Waals surface area contributed by atoms with E-state index in [1.807, 2.05) is 12.1 Å². The van der Waals surface area contributed by atoms with Crippen LogP contribution in [0.3, 0.4) is 0 Å². The number of amides is 1. The number of morpholine rings is 1. The summed E-state index contributed by atoms with van der Waals surface area (Å²) >= 11 is 0.